The predicted octanol–water partition coefficient (Wildman–Crippen LogP) is 2.18. The lowest BCUT2D eigenvalue weighted by molar-refractivity contribution is -0.908. The van der Waals surface area contributed by atoms with Crippen LogP contribution in [-0.2, 0) is 9.53 Å². The van der Waals surface area contributed by atoms with Crippen molar-refractivity contribution < 1.29 is 28.7 Å². The van der Waals surface area contributed by atoms with Crippen LogP contribution in [0.5, 0.6) is 5.75 Å². The first-order chi connectivity index (χ1) is 14.1. The van der Waals surface area contributed by atoms with Gasteiger partial charge in [0.1, 0.15) is 36.2 Å². The number of fused-ring (bicyclic) bond motifs is 3. The van der Waals surface area contributed by atoms with Gasteiger partial charge in [-0.25, -0.2) is 0 Å². The Balaban J connectivity index is 1.29. The van der Waals surface area contributed by atoms with E-state index in [1.54, 1.807) is 0 Å². The number of likely N-dealkylation sites (tertiary alicyclic amines) is 1. The highest BCUT2D eigenvalue weighted by molar-refractivity contribution is 6.05. The highest BCUT2D eigenvalue weighted by Crippen LogP contribution is 2.31. The molecule has 0 spiro atoms. The molecule has 1 aliphatic rings. The Kier molecular flexibility index (Phi) is 6.02. The van der Waals surface area contributed by atoms with Crippen LogP contribution in [0.2, 0.25) is 0 Å². The van der Waals surface area contributed by atoms with Crippen LogP contribution in [0.3, 0.4) is 0 Å². The lowest BCUT2D eigenvalue weighted by Gasteiger charge is -2.29. The molecule has 0 radical (unpaired) electrons. The van der Waals surface area contributed by atoms with E-state index in [4.69, 9.17) is 13.9 Å². The summed E-state index contributed by atoms with van der Waals surface area (Å²) in [6.07, 6.45) is 1.07. The molecule has 29 heavy (non-hydrogen) atoms. The van der Waals surface area contributed by atoms with Gasteiger partial charge in [0.25, 0.3) is 0 Å². The van der Waals surface area contributed by atoms with Crippen LogP contribution >= 0.6 is 0 Å². The van der Waals surface area contributed by atoms with Gasteiger partial charge in [-0.15, -0.1) is 0 Å². The summed E-state index contributed by atoms with van der Waals surface area (Å²) in [6.45, 7) is 4.86. The van der Waals surface area contributed by atoms with Crippen molar-refractivity contribution >= 4 is 27.9 Å². The summed E-state index contributed by atoms with van der Waals surface area (Å²) in [6, 6.07) is 13.7. The van der Waals surface area contributed by atoms with Gasteiger partial charge in [0, 0.05) is 23.6 Å². The average molecular weight is 398 g/mol. The molecule has 6 nitrogen and oxygen atoms in total. The van der Waals surface area contributed by atoms with E-state index in [0.29, 0.717) is 13.2 Å². The van der Waals surface area contributed by atoms with Crippen LogP contribution in [0.15, 0.2) is 46.9 Å². The third kappa shape index (κ3) is 4.54. The number of rotatable bonds is 7. The van der Waals surface area contributed by atoms with E-state index in [2.05, 4.69) is 0 Å². The van der Waals surface area contributed by atoms with Crippen molar-refractivity contribution in [2.75, 3.05) is 32.8 Å². The first kappa shape index (κ1) is 19.7. The lowest BCUT2D eigenvalue weighted by Crippen LogP contribution is -3.14. The summed E-state index contributed by atoms with van der Waals surface area (Å²) in [5.41, 5.74) is 1.68. The molecule has 2 aromatic carbocycles. The summed E-state index contributed by atoms with van der Waals surface area (Å²) in [7, 11) is 0. The van der Waals surface area contributed by atoms with Gasteiger partial charge >= 0.3 is 5.97 Å². The molecular formula is C23H28NO5+. The molecule has 1 atom stereocenters. The van der Waals surface area contributed by atoms with Crippen LogP contribution in [-0.4, -0.2) is 50.0 Å². The normalized spacial score (nSPS) is 20.6. The van der Waals surface area contributed by atoms with Crippen LogP contribution in [0.1, 0.15) is 19.8 Å². The number of aliphatic hydroxyl groups excluding tert-OH is 1. The molecule has 2 N–H and O–H groups in total. The molecule has 4 rings (SSSR count). The topological polar surface area (TPSA) is 73.3 Å². The SMILES string of the molecule is CCOC(=O)C1CC[NH+](C[C@H](O)COc2ccc3oc4ccccc4c3c2)CC1. The summed E-state index contributed by atoms with van der Waals surface area (Å²) in [4.78, 5) is 13.1. The van der Waals surface area contributed by atoms with Crippen molar-refractivity contribution in [1.29, 1.82) is 0 Å². The summed E-state index contributed by atoms with van der Waals surface area (Å²) in [5, 5.41) is 12.5. The Morgan fingerprint density at radius 1 is 1.17 bits per heavy atom. The second-order valence-corrected chi connectivity index (χ2v) is 7.70. The molecule has 0 amide bonds. The van der Waals surface area contributed by atoms with Gasteiger partial charge in [-0.1, -0.05) is 18.2 Å². The molecule has 0 aliphatic carbocycles. The second kappa shape index (κ2) is 8.84. The minimum Gasteiger partial charge on any atom is -0.491 e. The average Bonchev–Trinajstić information content (AvgIpc) is 3.11. The predicted molar refractivity (Wildman–Crippen MR) is 110 cm³/mol. The van der Waals surface area contributed by atoms with E-state index in [0.717, 1.165) is 53.6 Å². The first-order valence-electron chi connectivity index (χ1n) is 10.4. The van der Waals surface area contributed by atoms with E-state index in [9.17, 15) is 9.90 Å². The molecule has 1 aromatic heterocycles. The molecule has 154 valence electrons. The zero-order chi connectivity index (χ0) is 20.2. The Hall–Kier alpha value is -2.57. The zero-order valence-electron chi connectivity index (χ0n) is 16.7. The Labute approximate surface area is 170 Å². The van der Waals surface area contributed by atoms with E-state index in [1.165, 1.54) is 4.90 Å². The minimum atomic E-state index is -0.555. The third-order valence-electron chi connectivity index (χ3n) is 5.63. The largest absolute Gasteiger partial charge is 0.491 e. The highest BCUT2D eigenvalue weighted by atomic mass is 16.5. The van der Waals surface area contributed by atoms with Gasteiger partial charge in [-0.05, 0) is 31.2 Å². The van der Waals surface area contributed by atoms with Crippen molar-refractivity contribution in [2.45, 2.75) is 25.9 Å². The quantitative estimate of drug-likeness (QED) is 0.597. The van der Waals surface area contributed by atoms with Gasteiger partial charge in [-0.2, -0.15) is 0 Å². The number of ether oxygens (including phenoxy) is 2. The number of piperidine rings is 1. The van der Waals surface area contributed by atoms with Gasteiger partial charge < -0.3 is 23.9 Å². The fraction of sp³-hybridized carbons (Fsp3) is 0.435. The minimum absolute atomic E-state index is 0.00334. The Morgan fingerprint density at radius 3 is 2.72 bits per heavy atom. The smallest absolute Gasteiger partial charge is 0.309 e. The molecule has 1 fully saturated rings. The molecule has 1 saturated heterocycles. The Morgan fingerprint density at radius 2 is 1.93 bits per heavy atom. The summed E-state index contributed by atoms with van der Waals surface area (Å²) < 4.78 is 16.8. The first-order valence-corrected chi connectivity index (χ1v) is 10.4. The lowest BCUT2D eigenvalue weighted by atomic mass is 9.97. The van der Waals surface area contributed by atoms with Crippen molar-refractivity contribution in [3.05, 3.63) is 42.5 Å². The standard InChI is InChI=1S/C23H27NO5/c1-2-27-23(26)16-9-11-24(12-10-16)14-17(25)15-28-18-7-8-22-20(13-18)19-5-3-4-6-21(19)29-22/h3-8,13,16-17,25H,2,9-12,14-15H2,1H3/p+1/t17-/m0/s1. The van der Waals surface area contributed by atoms with Crippen LogP contribution in [0.25, 0.3) is 21.9 Å². The number of para-hydroxylation sites is 1. The van der Waals surface area contributed by atoms with E-state index in [1.807, 2.05) is 49.4 Å². The van der Waals surface area contributed by atoms with E-state index < -0.39 is 6.10 Å². The molecule has 1 aliphatic heterocycles. The number of esters is 1. The number of carbonyl (C=O) groups excluding carboxylic acids is 1. The molecule has 0 saturated carbocycles. The van der Waals surface area contributed by atoms with Crippen molar-refractivity contribution in [1.82, 2.24) is 0 Å². The van der Waals surface area contributed by atoms with Crippen molar-refractivity contribution in [3.63, 3.8) is 0 Å². The zero-order valence-corrected chi connectivity index (χ0v) is 16.7. The number of quaternary nitrogens is 1. The number of furan rings is 1. The maximum Gasteiger partial charge on any atom is 0.309 e. The van der Waals surface area contributed by atoms with Crippen molar-refractivity contribution in [3.8, 4) is 5.75 Å². The molecule has 0 unspecified atom stereocenters. The summed E-state index contributed by atoms with van der Waals surface area (Å²) in [5.74, 6) is 0.639. The molecule has 2 heterocycles. The van der Waals surface area contributed by atoms with Gasteiger partial charge in [-0.3, -0.25) is 4.79 Å². The van der Waals surface area contributed by atoms with Gasteiger partial charge in [0.15, 0.2) is 0 Å². The third-order valence-corrected chi connectivity index (χ3v) is 5.63. The van der Waals surface area contributed by atoms with Crippen LogP contribution < -0.4 is 9.64 Å². The second-order valence-electron chi connectivity index (χ2n) is 7.70. The number of nitrogens with one attached hydrogen (secondary N) is 1. The van der Waals surface area contributed by atoms with E-state index >= 15 is 0 Å². The van der Waals surface area contributed by atoms with Crippen LogP contribution in [0, 0.1) is 5.92 Å². The maximum atomic E-state index is 11.8. The van der Waals surface area contributed by atoms with Gasteiger partial charge in [0.2, 0.25) is 0 Å². The van der Waals surface area contributed by atoms with E-state index in [-0.39, 0.29) is 18.5 Å². The highest BCUT2D eigenvalue weighted by Gasteiger charge is 2.29. The molecule has 0 bridgehead atoms. The maximum absolute atomic E-state index is 11.8. The fourth-order valence-corrected chi connectivity index (χ4v) is 4.11. The number of carbonyl (C=O) groups is 1. The fourth-order valence-electron chi connectivity index (χ4n) is 4.11. The van der Waals surface area contributed by atoms with Crippen LogP contribution in [0.4, 0.5) is 0 Å². The molecule has 6 heteroatoms. The number of aliphatic hydroxyl groups is 1. The summed E-state index contributed by atoms with van der Waals surface area (Å²) >= 11 is 0. The molecule has 3 aromatic rings. The van der Waals surface area contributed by atoms with Crippen molar-refractivity contribution in [2.24, 2.45) is 5.92 Å². The Bertz CT molecular complexity index is 974. The monoisotopic (exact) mass is 398 g/mol. The molecular weight excluding hydrogens is 370 g/mol. The number of hydrogen-bond acceptors (Lipinski definition) is 5. The number of benzene rings is 2. The van der Waals surface area contributed by atoms with Gasteiger partial charge in [0.05, 0.1) is 25.6 Å². The number of hydrogen-bond donors (Lipinski definition) is 2.